The van der Waals surface area contributed by atoms with Crippen LogP contribution in [0.5, 0.6) is 17.2 Å². The Kier molecular flexibility index (Phi) is 5.67. The molecule has 2 unspecified atom stereocenters. The minimum Gasteiger partial charge on any atom is -0.493 e. The predicted octanol–water partition coefficient (Wildman–Crippen LogP) is 3.06. The van der Waals surface area contributed by atoms with Gasteiger partial charge < -0.3 is 24.8 Å². The van der Waals surface area contributed by atoms with Gasteiger partial charge in [0.1, 0.15) is 5.82 Å². The molecule has 1 aliphatic carbocycles. The summed E-state index contributed by atoms with van der Waals surface area (Å²) in [7, 11) is 4.46. The van der Waals surface area contributed by atoms with E-state index >= 15 is 0 Å². The number of benzene rings is 2. The number of rotatable bonds is 7. The van der Waals surface area contributed by atoms with Crippen LogP contribution in [0.4, 0.5) is 15.8 Å². The van der Waals surface area contributed by atoms with Crippen molar-refractivity contribution in [1.29, 1.82) is 0 Å². The first kappa shape index (κ1) is 19.5. The van der Waals surface area contributed by atoms with E-state index in [0.717, 1.165) is 0 Å². The van der Waals surface area contributed by atoms with E-state index in [9.17, 15) is 14.0 Å². The van der Waals surface area contributed by atoms with Crippen LogP contribution >= 0.6 is 0 Å². The van der Waals surface area contributed by atoms with Gasteiger partial charge in [0.25, 0.3) is 0 Å². The maximum absolute atomic E-state index is 12.9. The third kappa shape index (κ3) is 4.16. The molecule has 0 heterocycles. The van der Waals surface area contributed by atoms with Crippen LogP contribution in [0.1, 0.15) is 6.42 Å². The number of nitrogens with one attached hydrogen (secondary N) is 2. The largest absolute Gasteiger partial charge is 0.493 e. The quantitative estimate of drug-likeness (QED) is 0.761. The monoisotopic (exact) mass is 388 g/mol. The third-order valence-corrected chi connectivity index (χ3v) is 4.51. The second-order valence-corrected chi connectivity index (χ2v) is 6.35. The number of hydrogen-bond donors (Lipinski definition) is 2. The molecule has 0 aliphatic heterocycles. The summed E-state index contributed by atoms with van der Waals surface area (Å²) >= 11 is 0. The molecule has 8 heteroatoms. The first-order chi connectivity index (χ1) is 13.5. The molecule has 7 nitrogen and oxygen atoms in total. The molecular formula is C20H21FN2O5. The van der Waals surface area contributed by atoms with Crippen molar-refractivity contribution in [3.8, 4) is 17.2 Å². The molecule has 1 saturated carbocycles. The molecule has 28 heavy (non-hydrogen) atoms. The highest BCUT2D eigenvalue weighted by molar-refractivity contribution is 6.03. The zero-order valence-electron chi connectivity index (χ0n) is 15.7. The highest BCUT2D eigenvalue weighted by atomic mass is 19.1. The summed E-state index contributed by atoms with van der Waals surface area (Å²) < 4.78 is 28.7. The standard InChI is InChI=1S/C20H21FN2O5/c1-26-16-8-13(9-17(27-2)18(16)28-3)23-20(25)15-10-14(15)19(24)22-12-6-4-11(21)5-7-12/h4-9,14-15H,10H2,1-3H3,(H,22,24)(H,23,25). The Balaban J connectivity index is 1.63. The summed E-state index contributed by atoms with van der Waals surface area (Å²) in [5, 5.41) is 5.47. The average Bonchev–Trinajstić information content (AvgIpc) is 3.50. The molecule has 2 atom stereocenters. The minimum absolute atomic E-state index is 0.267. The number of carbonyl (C=O) groups is 2. The van der Waals surface area contributed by atoms with Gasteiger partial charge in [-0.05, 0) is 30.7 Å². The van der Waals surface area contributed by atoms with Gasteiger partial charge in [0.15, 0.2) is 11.5 Å². The zero-order chi connectivity index (χ0) is 20.3. The minimum atomic E-state index is -0.431. The van der Waals surface area contributed by atoms with Crippen LogP contribution in [0.2, 0.25) is 0 Å². The van der Waals surface area contributed by atoms with Crippen LogP contribution in [-0.2, 0) is 9.59 Å². The van der Waals surface area contributed by atoms with Crippen molar-refractivity contribution in [2.75, 3.05) is 32.0 Å². The number of ether oxygens (including phenoxy) is 3. The Labute approximate surface area is 161 Å². The predicted molar refractivity (Wildman–Crippen MR) is 101 cm³/mol. The lowest BCUT2D eigenvalue weighted by atomic mass is 10.2. The van der Waals surface area contributed by atoms with Crippen LogP contribution in [-0.4, -0.2) is 33.1 Å². The van der Waals surface area contributed by atoms with E-state index in [-0.39, 0.29) is 17.6 Å². The number of amides is 2. The first-order valence-electron chi connectivity index (χ1n) is 8.64. The molecule has 2 aromatic carbocycles. The average molecular weight is 388 g/mol. The molecule has 0 saturated heterocycles. The fraction of sp³-hybridized carbons (Fsp3) is 0.300. The SMILES string of the molecule is COc1cc(NC(=O)C2CC2C(=O)Nc2ccc(F)cc2)cc(OC)c1OC. The van der Waals surface area contributed by atoms with Crippen molar-refractivity contribution >= 4 is 23.2 Å². The fourth-order valence-electron chi connectivity index (χ4n) is 2.93. The van der Waals surface area contributed by atoms with E-state index in [4.69, 9.17) is 14.2 Å². The molecule has 2 N–H and O–H groups in total. The molecule has 0 spiro atoms. The highest BCUT2D eigenvalue weighted by Gasteiger charge is 2.48. The van der Waals surface area contributed by atoms with Gasteiger partial charge in [-0.15, -0.1) is 0 Å². The number of carbonyl (C=O) groups excluding carboxylic acids is 2. The van der Waals surface area contributed by atoms with Crippen molar-refractivity contribution in [3.63, 3.8) is 0 Å². The number of methoxy groups -OCH3 is 3. The van der Waals surface area contributed by atoms with Gasteiger partial charge in [0.2, 0.25) is 17.6 Å². The van der Waals surface area contributed by atoms with E-state index in [1.165, 1.54) is 45.6 Å². The Morgan fingerprint density at radius 2 is 1.36 bits per heavy atom. The summed E-state index contributed by atoms with van der Waals surface area (Å²) in [4.78, 5) is 24.8. The Morgan fingerprint density at radius 1 is 0.857 bits per heavy atom. The number of hydrogen-bond acceptors (Lipinski definition) is 5. The van der Waals surface area contributed by atoms with E-state index in [0.29, 0.717) is 35.0 Å². The molecule has 148 valence electrons. The van der Waals surface area contributed by atoms with Gasteiger partial charge in [-0.1, -0.05) is 0 Å². The topological polar surface area (TPSA) is 85.9 Å². The smallest absolute Gasteiger partial charge is 0.228 e. The van der Waals surface area contributed by atoms with Gasteiger partial charge in [-0.3, -0.25) is 9.59 Å². The van der Waals surface area contributed by atoms with Crippen molar-refractivity contribution < 1.29 is 28.2 Å². The van der Waals surface area contributed by atoms with Gasteiger partial charge in [0, 0.05) is 23.5 Å². The lowest BCUT2D eigenvalue weighted by Crippen LogP contribution is -2.20. The summed E-state index contributed by atoms with van der Waals surface area (Å²) in [6.07, 6.45) is 0.448. The Bertz CT molecular complexity index is 860. The van der Waals surface area contributed by atoms with Crippen molar-refractivity contribution in [1.82, 2.24) is 0 Å². The van der Waals surface area contributed by atoms with E-state index in [1.807, 2.05) is 0 Å². The molecular weight excluding hydrogens is 367 g/mol. The lowest BCUT2D eigenvalue weighted by molar-refractivity contribution is -0.122. The van der Waals surface area contributed by atoms with Gasteiger partial charge >= 0.3 is 0 Å². The second-order valence-electron chi connectivity index (χ2n) is 6.35. The Hall–Kier alpha value is -3.29. The summed E-state index contributed by atoms with van der Waals surface area (Å²) in [6, 6.07) is 8.71. The molecule has 2 amide bonds. The highest BCUT2D eigenvalue weighted by Crippen LogP contribution is 2.42. The number of halogens is 1. The van der Waals surface area contributed by atoms with Crippen LogP contribution in [0.15, 0.2) is 36.4 Å². The molecule has 0 aromatic heterocycles. The molecule has 0 bridgehead atoms. The van der Waals surface area contributed by atoms with Crippen molar-refractivity contribution in [2.24, 2.45) is 11.8 Å². The maximum Gasteiger partial charge on any atom is 0.228 e. The molecule has 0 radical (unpaired) electrons. The van der Waals surface area contributed by atoms with Gasteiger partial charge in [0.05, 0.1) is 33.2 Å². The third-order valence-electron chi connectivity index (χ3n) is 4.51. The van der Waals surface area contributed by atoms with Gasteiger partial charge in [-0.2, -0.15) is 0 Å². The maximum atomic E-state index is 12.9. The summed E-state index contributed by atoms with van der Waals surface area (Å²) in [6.45, 7) is 0. The fourth-order valence-corrected chi connectivity index (χ4v) is 2.93. The molecule has 2 aromatic rings. The van der Waals surface area contributed by atoms with Crippen molar-refractivity contribution in [2.45, 2.75) is 6.42 Å². The molecule has 1 aliphatic rings. The zero-order valence-corrected chi connectivity index (χ0v) is 15.7. The van der Waals surface area contributed by atoms with E-state index in [2.05, 4.69) is 10.6 Å². The van der Waals surface area contributed by atoms with E-state index < -0.39 is 11.8 Å². The molecule has 1 fully saturated rings. The van der Waals surface area contributed by atoms with Crippen LogP contribution in [0.25, 0.3) is 0 Å². The van der Waals surface area contributed by atoms with Crippen molar-refractivity contribution in [3.05, 3.63) is 42.2 Å². The first-order valence-corrected chi connectivity index (χ1v) is 8.64. The lowest BCUT2D eigenvalue weighted by Gasteiger charge is -2.14. The van der Waals surface area contributed by atoms with Crippen LogP contribution < -0.4 is 24.8 Å². The summed E-state index contributed by atoms with van der Waals surface area (Å²) in [5.74, 6) is -0.521. The van der Waals surface area contributed by atoms with Crippen LogP contribution in [0, 0.1) is 17.7 Å². The second kappa shape index (κ2) is 8.16. The normalized spacial score (nSPS) is 17.4. The molecule has 3 rings (SSSR count). The number of anilines is 2. The Morgan fingerprint density at radius 3 is 1.82 bits per heavy atom. The summed E-state index contributed by atoms with van der Waals surface area (Å²) in [5.41, 5.74) is 0.964. The van der Waals surface area contributed by atoms with Crippen LogP contribution in [0.3, 0.4) is 0 Å². The van der Waals surface area contributed by atoms with Gasteiger partial charge in [-0.25, -0.2) is 4.39 Å². The van der Waals surface area contributed by atoms with E-state index in [1.54, 1.807) is 12.1 Å².